The Hall–Kier alpha value is -3.41. The largest absolute Gasteiger partial charge is 0.466 e. The van der Waals surface area contributed by atoms with E-state index in [9.17, 15) is 9.59 Å². The number of hydrogen-bond acceptors (Lipinski definition) is 4. The summed E-state index contributed by atoms with van der Waals surface area (Å²) in [6.07, 6.45) is 0.497. The molecule has 150 valence electrons. The molecule has 3 rings (SSSR count). The number of hydrogen-bond donors (Lipinski definition) is 1. The van der Waals surface area contributed by atoms with Crippen LogP contribution in [0.1, 0.15) is 28.7 Å². The van der Waals surface area contributed by atoms with Gasteiger partial charge >= 0.3 is 5.97 Å². The first-order valence-corrected chi connectivity index (χ1v) is 9.69. The second-order valence-electron chi connectivity index (χ2n) is 6.77. The quantitative estimate of drug-likeness (QED) is 0.598. The minimum Gasteiger partial charge on any atom is -0.466 e. The van der Waals surface area contributed by atoms with Crippen LogP contribution < -0.4 is 5.32 Å². The number of carbonyl (C=O) groups is 2. The minimum absolute atomic E-state index is 0.184. The van der Waals surface area contributed by atoms with Crippen molar-refractivity contribution in [3.63, 3.8) is 0 Å². The van der Waals surface area contributed by atoms with Gasteiger partial charge in [0.15, 0.2) is 5.69 Å². The average Bonchev–Trinajstić information content (AvgIpc) is 3.14. The normalized spacial score (nSPS) is 11.7. The summed E-state index contributed by atoms with van der Waals surface area (Å²) in [5.41, 5.74) is 3.07. The first kappa shape index (κ1) is 20.3. The Morgan fingerprint density at radius 1 is 1.07 bits per heavy atom. The van der Waals surface area contributed by atoms with Crippen LogP contribution in [0.3, 0.4) is 0 Å². The van der Waals surface area contributed by atoms with Gasteiger partial charge in [0.1, 0.15) is 0 Å². The van der Waals surface area contributed by atoms with Crippen molar-refractivity contribution in [1.29, 1.82) is 0 Å². The molecule has 0 bridgehead atoms. The van der Waals surface area contributed by atoms with Gasteiger partial charge in [-0.1, -0.05) is 48.5 Å². The van der Waals surface area contributed by atoms with E-state index in [0.717, 1.165) is 16.9 Å². The number of ether oxygens (including phenoxy) is 1. The van der Waals surface area contributed by atoms with E-state index in [-0.39, 0.29) is 18.4 Å². The number of benzene rings is 2. The van der Waals surface area contributed by atoms with Crippen molar-refractivity contribution >= 4 is 11.9 Å². The molecule has 0 aliphatic heterocycles. The van der Waals surface area contributed by atoms with Crippen molar-refractivity contribution in [2.24, 2.45) is 5.92 Å². The Bertz CT molecular complexity index is 952. The van der Waals surface area contributed by atoms with E-state index in [2.05, 4.69) is 10.4 Å². The Morgan fingerprint density at radius 2 is 1.72 bits per heavy atom. The molecule has 1 heterocycles. The van der Waals surface area contributed by atoms with E-state index in [1.807, 2.05) is 67.6 Å². The van der Waals surface area contributed by atoms with Crippen molar-refractivity contribution in [2.75, 3.05) is 13.2 Å². The summed E-state index contributed by atoms with van der Waals surface area (Å²) >= 11 is 0. The zero-order chi connectivity index (χ0) is 20.6. The summed E-state index contributed by atoms with van der Waals surface area (Å²) in [6, 6.07) is 21.1. The molecule has 0 radical (unpaired) electrons. The maximum Gasteiger partial charge on any atom is 0.311 e. The van der Waals surface area contributed by atoms with Gasteiger partial charge in [0.2, 0.25) is 0 Å². The number of rotatable bonds is 8. The predicted molar refractivity (Wildman–Crippen MR) is 111 cm³/mol. The van der Waals surface area contributed by atoms with Crippen LogP contribution in [-0.4, -0.2) is 34.8 Å². The highest BCUT2D eigenvalue weighted by atomic mass is 16.5. The smallest absolute Gasteiger partial charge is 0.311 e. The number of carbonyl (C=O) groups excluding carboxylic acids is 2. The van der Waals surface area contributed by atoms with Crippen molar-refractivity contribution in [2.45, 2.75) is 20.3 Å². The molecule has 29 heavy (non-hydrogen) atoms. The third kappa shape index (κ3) is 5.31. The number of nitrogens with zero attached hydrogens (tertiary/aromatic N) is 2. The molecule has 3 aromatic rings. The predicted octanol–water partition coefficient (Wildman–Crippen LogP) is 3.33. The molecule has 1 amide bonds. The van der Waals surface area contributed by atoms with Crippen LogP contribution >= 0.6 is 0 Å². The Kier molecular flexibility index (Phi) is 6.79. The highest BCUT2D eigenvalue weighted by molar-refractivity contribution is 5.92. The van der Waals surface area contributed by atoms with Crippen LogP contribution in [0.25, 0.3) is 5.69 Å². The molecule has 1 N–H and O–H groups in total. The maximum atomic E-state index is 12.6. The molecule has 6 nitrogen and oxygen atoms in total. The van der Waals surface area contributed by atoms with Crippen LogP contribution in [0.4, 0.5) is 0 Å². The molecule has 0 fully saturated rings. The van der Waals surface area contributed by atoms with Crippen molar-refractivity contribution in [1.82, 2.24) is 15.1 Å². The first-order chi connectivity index (χ1) is 14.1. The minimum atomic E-state index is -0.460. The number of para-hydroxylation sites is 1. The van der Waals surface area contributed by atoms with E-state index in [0.29, 0.717) is 18.7 Å². The summed E-state index contributed by atoms with van der Waals surface area (Å²) in [6.45, 7) is 4.16. The topological polar surface area (TPSA) is 73.2 Å². The third-order valence-electron chi connectivity index (χ3n) is 4.57. The van der Waals surface area contributed by atoms with Gasteiger partial charge in [0.05, 0.1) is 18.2 Å². The molecule has 0 saturated heterocycles. The summed E-state index contributed by atoms with van der Waals surface area (Å²) in [5, 5.41) is 7.25. The zero-order valence-corrected chi connectivity index (χ0v) is 16.7. The van der Waals surface area contributed by atoms with Crippen molar-refractivity contribution in [3.8, 4) is 5.69 Å². The Morgan fingerprint density at radius 3 is 2.38 bits per heavy atom. The van der Waals surface area contributed by atoms with Gasteiger partial charge in [-0.25, -0.2) is 4.68 Å². The lowest BCUT2D eigenvalue weighted by Crippen LogP contribution is -2.35. The summed E-state index contributed by atoms with van der Waals surface area (Å²) < 4.78 is 6.91. The average molecular weight is 391 g/mol. The fourth-order valence-corrected chi connectivity index (χ4v) is 3.12. The third-order valence-corrected chi connectivity index (χ3v) is 4.57. The molecule has 1 unspecified atom stereocenters. The lowest BCUT2D eigenvalue weighted by molar-refractivity contribution is -0.147. The second-order valence-corrected chi connectivity index (χ2v) is 6.77. The van der Waals surface area contributed by atoms with Crippen LogP contribution in [0, 0.1) is 12.8 Å². The van der Waals surface area contributed by atoms with E-state index < -0.39 is 5.92 Å². The van der Waals surface area contributed by atoms with Crippen LogP contribution in [0.5, 0.6) is 0 Å². The molecule has 0 aliphatic carbocycles. The van der Waals surface area contributed by atoms with Crippen LogP contribution in [0.2, 0.25) is 0 Å². The number of amides is 1. The fraction of sp³-hybridized carbons (Fsp3) is 0.261. The first-order valence-electron chi connectivity index (χ1n) is 9.69. The molecule has 1 aromatic heterocycles. The van der Waals surface area contributed by atoms with Gasteiger partial charge in [0, 0.05) is 12.2 Å². The fourth-order valence-electron chi connectivity index (χ4n) is 3.12. The van der Waals surface area contributed by atoms with E-state index in [1.165, 1.54) is 0 Å². The van der Waals surface area contributed by atoms with Gasteiger partial charge < -0.3 is 10.1 Å². The van der Waals surface area contributed by atoms with Gasteiger partial charge in [-0.15, -0.1) is 0 Å². The molecule has 6 heteroatoms. The Labute approximate surface area is 170 Å². The van der Waals surface area contributed by atoms with E-state index in [4.69, 9.17) is 4.74 Å². The van der Waals surface area contributed by atoms with Crippen LogP contribution in [-0.2, 0) is 16.0 Å². The molecule has 2 aromatic carbocycles. The summed E-state index contributed by atoms with van der Waals surface area (Å²) in [4.78, 5) is 25.0. The highest BCUT2D eigenvalue weighted by Crippen LogP contribution is 2.13. The van der Waals surface area contributed by atoms with Gasteiger partial charge in [-0.3, -0.25) is 9.59 Å². The lowest BCUT2D eigenvalue weighted by atomic mass is 9.99. The highest BCUT2D eigenvalue weighted by Gasteiger charge is 2.22. The molecular formula is C23H25N3O3. The van der Waals surface area contributed by atoms with E-state index >= 15 is 0 Å². The summed E-state index contributed by atoms with van der Waals surface area (Å²) in [5.74, 6) is -1.09. The molecular weight excluding hydrogens is 366 g/mol. The number of esters is 1. The van der Waals surface area contributed by atoms with Crippen LogP contribution in [0.15, 0.2) is 66.7 Å². The van der Waals surface area contributed by atoms with Gasteiger partial charge in [-0.2, -0.15) is 5.10 Å². The summed E-state index contributed by atoms with van der Waals surface area (Å²) in [7, 11) is 0. The van der Waals surface area contributed by atoms with Gasteiger partial charge in [0.25, 0.3) is 5.91 Å². The molecule has 0 saturated carbocycles. The van der Waals surface area contributed by atoms with E-state index in [1.54, 1.807) is 17.7 Å². The SMILES string of the molecule is CCOC(=O)C(CNC(=O)c1cc(C)n(-c2ccccc2)n1)Cc1ccccc1. The monoisotopic (exact) mass is 391 g/mol. The van der Waals surface area contributed by atoms with Gasteiger partial charge in [-0.05, 0) is 44.0 Å². The van der Waals surface area contributed by atoms with Crippen molar-refractivity contribution < 1.29 is 14.3 Å². The zero-order valence-electron chi connectivity index (χ0n) is 16.7. The number of nitrogens with one attached hydrogen (secondary N) is 1. The lowest BCUT2D eigenvalue weighted by Gasteiger charge is -2.16. The molecule has 1 atom stereocenters. The maximum absolute atomic E-state index is 12.6. The standard InChI is InChI=1S/C23H25N3O3/c1-3-29-23(28)19(15-18-10-6-4-7-11-18)16-24-22(27)21-14-17(2)26(25-21)20-12-8-5-9-13-20/h4-14,19H,3,15-16H2,1-2H3,(H,24,27). The number of aromatic nitrogens is 2. The molecule has 0 spiro atoms. The Balaban J connectivity index is 1.69. The van der Waals surface area contributed by atoms with Crippen molar-refractivity contribution in [3.05, 3.63) is 83.7 Å². The number of aryl methyl sites for hydroxylation is 1. The second kappa shape index (κ2) is 9.68. The molecule has 0 aliphatic rings.